The number of ketones is 1. The minimum absolute atomic E-state index is 0.186. The Kier molecular flexibility index (Phi) is 8.31. The lowest BCUT2D eigenvalue weighted by Gasteiger charge is -2.26. The minimum Gasteiger partial charge on any atom is -0.496 e. The molecule has 1 aliphatic rings. The topological polar surface area (TPSA) is 91.1 Å². The number of carbonyl (C=O) groups excluding carboxylic acids is 2. The summed E-state index contributed by atoms with van der Waals surface area (Å²) in [5.74, 6) is 0.634. The smallest absolute Gasteiger partial charge is 0.248 e. The normalized spacial score (nSPS) is 14.2. The molecule has 8 heteroatoms. The molecule has 0 atom stereocenters. The van der Waals surface area contributed by atoms with E-state index in [4.69, 9.17) is 19.9 Å². The summed E-state index contributed by atoms with van der Waals surface area (Å²) < 4.78 is 17.2. The first-order valence-electron chi connectivity index (χ1n) is 11.4. The Balaban J connectivity index is 1.58. The van der Waals surface area contributed by atoms with E-state index in [2.05, 4.69) is 4.90 Å². The molecule has 1 amide bonds. The molecule has 1 fully saturated rings. The van der Waals surface area contributed by atoms with Crippen molar-refractivity contribution in [2.75, 3.05) is 46.6 Å². The maximum absolute atomic E-state index is 12.8. The summed E-state index contributed by atoms with van der Waals surface area (Å²) >= 11 is 1.61. The summed E-state index contributed by atoms with van der Waals surface area (Å²) in [6.45, 7) is 4.54. The van der Waals surface area contributed by atoms with E-state index < -0.39 is 5.91 Å². The molecule has 2 heterocycles. The van der Waals surface area contributed by atoms with E-state index in [0.29, 0.717) is 29.2 Å². The van der Waals surface area contributed by atoms with Gasteiger partial charge in [0.25, 0.3) is 0 Å². The number of primary amides is 1. The first-order chi connectivity index (χ1) is 17.0. The molecule has 4 rings (SSSR count). The van der Waals surface area contributed by atoms with E-state index in [0.717, 1.165) is 48.9 Å². The van der Waals surface area contributed by atoms with Crippen LogP contribution in [0.3, 0.4) is 0 Å². The molecule has 7 nitrogen and oxygen atoms in total. The van der Waals surface area contributed by atoms with Crippen LogP contribution < -0.4 is 15.2 Å². The average Bonchev–Trinajstić information content (AvgIpc) is 3.43. The lowest BCUT2D eigenvalue weighted by atomic mass is 10.0. The fourth-order valence-electron chi connectivity index (χ4n) is 3.80. The lowest BCUT2D eigenvalue weighted by molar-refractivity contribution is 0.0322. The number of amides is 1. The van der Waals surface area contributed by atoms with Gasteiger partial charge in [-0.1, -0.05) is 18.2 Å². The van der Waals surface area contributed by atoms with Crippen LogP contribution in [0.2, 0.25) is 0 Å². The number of benzene rings is 2. The van der Waals surface area contributed by atoms with Crippen LogP contribution in [-0.2, 0) is 4.74 Å². The van der Waals surface area contributed by atoms with E-state index in [-0.39, 0.29) is 5.78 Å². The Morgan fingerprint density at radius 2 is 1.83 bits per heavy atom. The molecule has 0 radical (unpaired) electrons. The number of allylic oxidation sites excluding steroid dienone is 1. The highest BCUT2D eigenvalue weighted by Crippen LogP contribution is 2.38. The maximum atomic E-state index is 12.8. The first kappa shape index (κ1) is 24.7. The highest BCUT2D eigenvalue weighted by molar-refractivity contribution is 7.13. The molecule has 2 aromatic carbocycles. The number of carbonyl (C=O) groups is 2. The van der Waals surface area contributed by atoms with Crippen molar-refractivity contribution in [2.24, 2.45) is 5.73 Å². The van der Waals surface area contributed by atoms with Gasteiger partial charge in [0.1, 0.15) is 18.1 Å². The molecule has 35 heavy (non-hydrogen) atoms. The van der Waals surface area contributed by atoms with Crippen LogP contribution in [0.25, 0.3) is 16.5 Å². The number of hydrogen-bond donors (Lipinski definition) is 1. The molecular formula is C27H28N2O5S. The van der Waals surface area contributed by atoms with E-state index >= 15 is 0 Å². The molecule has 1 saturated heterocycles. The molecule has 2 N–H and O–H groups in total. The molecule has 1 aromatic heterocycles. The second kappa shape index (κ2) is 11.8. The van der Waals surface area contributed by atoms with Crippen LogP contribution in [0.15, 0.2) is 60.0 Å². The molecule has 0 bridgehead atoms. The molecule has 0 aliphatic carbocycles. The summed E-state index contributed by atoms with van der Waals surface area (Å²) in [7, 11) is 1.64. The van der Waals surface area contributed by atoms with Gasteiger partial charge in [-0.25, -0.2) is 0 Å². The molecule has 0 spiro atoms. The van der Waals surface area contributed by atoms with Gasteiger partial charge in [0.2, 0.25) is 5.91 Å². The third-order valence-corrected chi connectivity index (χ3v) is 6.66. The molecular weight excluding hydrogens is 464 g/mol. The second-order valence-corrected chi connectivity index (χ2v) is 8.96. The van der Waals surface area contributed by atoms with Gasteiger partial charge in [-0.3, -0.25) is 14.5 Å². The van der Waals surface area contributed by atoms with Crippen molar-refractivity contribution in [3.05, 3.63) is 76.7 Å². The van der Waals surface area contributed by atoms with Gasteiger partial charge in [-0.05, 0) is 41.8 Å². The van der Waals surface area contributed by atoms with E-state index in [1.807, 2.05) is 29.6 Å². The highest BCUT2D eigenvalue weighted by atomic mass is 32.1. The van der Waals surface area contributed by atoms with E-state index in [1.165, 1.54) is 6.08 Å². The fraction of sp³-hybridized carbons (Fsp3) is 0.259. The summed E-state index contributed by atoms with van der Waals surface area (Å²) in [6, 6.07) is 14.2. The van der Waals surface area contributed by atoms with Crippen molar-refractivity contribution in [1.29, 1.82) is 0 Å². The lowest BCUT2D eigenvalue weighted by Crippen LogP contribution is -2.38. The number of ether oxygens (including phenoxy) is 3. The summed E-state index contributed by atoms with van der Waals surface area (Å²) in [4.78, 5) is 27.4. The van der Waals surface area contributed by atoms with Crippen LogP contribution >= 0.6 is 11.3 Å². The highest BCUT2D eigenvalue weighted by Gasteiger charge is 2.15. The number of hydrogen-bond acceptors (Lipinski definition) is 7. The SMILES string of the molecule is COc1cc(OCCN2CCOCC2)c(C=CC(=O)c2ccc(C(N)=O)cc2)cc1-c1cccs1. The Morgan fingerprint density at radius 3 is 2.49 bits per heavy atom. The van der Waals surface area contributed by atoms with Crippen molar-refractivity contribution in [2.45, 2.75) is 0 Å². The third-order valence-electron chi connectivity index (χ3n) is 5.76. The largest absolute Gasteiger partial charge is 0.496 e. The molecule has 0 saturated carbocycles. The standard InChI is InChI=1S/C27H28N2O5S/c1-32-25-18-24(34-15-12-29-10-13-33-14-11-29)21(17-22(25)26-3-2-16-35-26)8-9-23(30)19-4-6-20(7-5-19)27(28)31/h2-9,16-18H,10-15H2,1H3,(H2,28,31). The number of rotatable bonds is 10. The van der Waals surface area contributed by atoms with E-state index in [1.54, 1.807) is 48.8 Å². The van der Waals surface area contributed by atoms with Gasteiger partial charge >= 0.3 is 0 Å². The fourth-order valence-corrected chi connectivity index (χ4v) is 4.54. The third kappa shape index (κ3) is 6.36. The van der Waals surface area contributed by atoms with Crippen molar-refractivity contribution in [3.63, 3.8) is 0 Å². The van der Waals surface area contributed by atoms with Crippen molar-refractivity contribution >= 4 is 29.1 Å². The molecule has 1 aliphatic heterocycles. The first-order valence-corrected chi connectivity index (χ1v) is 12.2. The van der Waals surface area contributed by atoms with Gasteiger partial charge in [0, 0.05) is 52.8 Å². The van der Waals surface area contributed by atoms with Crippen molar-refractivity contribution in [1.82, 2.24) is 4.90 Å². The van der Waals surface area contributed by atoms with Gasteiger partial charge in [0.15, 0.2) is 5.78 Å². The predicted octanol–water partition coefficient (Wildman–Crippen LogP) is 4.13. The summed E-state index contributed by atoms with van der Waals surface area (Å²) in [5.41, 5.74) is 7.82. The maximum Gasteiger partial charge on any atom is 0.248 e. The van der Waals surface area contributed by atoms with Gasteiger partial charge in [0.05, 0.1) is 20.3 Å². The Hall–Kier alpha value is -3.46. The molecule has 0 unspecified atom stereocenters. The van der Waals surface area contributed by atoms with Crippen LogP contribution in [0.1, 0.15) is 26.3 Å². The number of methoxy groups -OCH3 is 1. The monoisotopic (exact) mass is 492 g/mol. The Labute approximate surface area is 208 Å². The average molecular weight is 493 g/mol. The zero-order valence-electron chi connectivity index (χ0n) is 19.6. The number of thiophene rings is 1. The molecule has 3 aromatic rings. The van der Waals surface area contributed by atoms with Crippen LogP contribution in [0.5, 0.6) is 11.5 Å². The van der Waals surface area contributed by atoms with Crippen LogP contribution in [0.4, 0.5) is 0 Å². The molecule has 182 valence electrons. The Morgan fingerprint density at radius 1 is 1.09 bits per heavy atom. The van der Waals surface area contributed by atoms with Gasteiger partial charge in [-0.15, -0.1) is 11.3 Å². The quantitative estimate of drug-likeness (QED) is 0.338. The zero-order valence-corrected chi connectivity index (χ0v) is 20.4. The van der Waals surface area contributed by atoms with Crippen LogP contribution in [0, 0.1) is 0 Å². The number of morpholine rings is 1. The Bertz CT molecular complexity index is 1180. The summed E-state index contributed by atoms with van der Waals surface area (Å²) in [5, 5.41) is 2.01. The van der Waals surface area contributed by atoms with Gasteiger partial charge < -0.3 is 19.9 Å². The zero-order chi connectivity index (χ0) is 24.6. The second-order valence-electron chi connectivity index (χ2n) is 8.01. The minimum atomic E-state index is -0.530. The number of nitrogens with zero attached hydrogens (tertiary/aromatic N) is 1. The predicted molar refractivity (Wildman–Crippen MR) is 137 cm³/mol. The number of nitrogens with two attached hydrogens (primary N) is 1. The van der Waals surface area contributed by atoms with Crippen molar-refractivity contribution < 1.29 is 23.8 Å². The summed E-state index contributed by atoms with van der Waals surface area (Å²) in [6.07, 6.45) is 3.26. The van der Waals surface area contributed by atoms with Crippen molar-refractivity contribution in [3.8, 4) is 21.9 Å². The van der Waals surface area contributed by atoms with Crippen LogP contribution in [-0.4, -0.2) is 63.2 Å². The van der Waals surface area contributed by atoms with E-state index in [9.17, 15) is 9.59 Å². The van der Waals surface area contributed by atoms with Gasteiger partial charge in [-0.2, -0.15) is 0 Å².